The first-order valence-electron chi connectivity index (χ1n) is 9.17. The molecule has 0 atom stereocenters. The van der Waals surface area contributed by atoms with Crippen LogP contribution in [0.15, 0.2) is 30.3 Å². The summed E-state index contributed by atoms with van der Waals surface area (Å²) in [6, 6.07) is 7.51. The van der Waals surface area contributed by atoms with Gasteiger partial charge in [-0.15, -0.1) is 0 Å². The lowest BCUT2D eigenvalue weighted by molar-refractivity contribution is -0.158. The van der Waals surface area contributed by atoms with E-state index in [0.29, 0.717) is 19.7 Å². The van der Waals surface area contributed by atoms with Crippen molar-refractivity contribution in [2.75, 3.05) is 40.3 Å². The fourth-order valence-electron chi connectivity index (χ4n) is 2.29. The lowest BCUT2D eigenvalue weighted by Gasteiger charge is -2.25. The van der Waals surface area contributed by atoms with E-state index in [4.69, 9.17) is 9.47 Å². The zero-order chi connectivity index (χ0) is 20.4. The van der Waals surface area contributed by atoms with E-state index in [0.717, 1.165) is 11.3 Å². The van der Waals surface area contributed by atoms with Crippen molar-refractivity contribution in [3.63, 3.8) is 0 Å². The number of amides is 1. The van der Waals surface area contributed by atoms with Crippen LogP contribution >= 0.6 is 0 Å². The van der Waals surface area contributed by atoms with Crippen molar-refractivity contribution in [1.29, 1.82) is 0 Å². The van der Waals surface area contributed by atoms with Crippen LogP contribution in [0.5, 0.6) is 5.75 Å². The lowest BCUT2D eigenvalue weighted by atomic mass is 10.2. The number of rotatable bonds is 9. The third-order valence-electron chi connectivity index (χ3n) is 3.49. The molecule has 0 aromatic heterocycles. The van der Waals surface area contributed by atoms with Gasteiger partial charge in [-0.1, -0.05) is 18.2 Å². The highest BCUT2D eigenvalue weighted by Gasteiger charge is 2.21. The van der Waals surface area contributed by atoms with E-state index in [2.05, 4.69) is 0 Å². The molecule has 0 saturated carbocycles. The molecule has 0 N–H and O–H groups in total. The molecule has 1 amide bonds. The Morgan fingerprint density at radius 2 is 1.78 bits per heavy atom. The van der Waals surface area contributed by atoms with Gasteiger partial charge in [0.1, 0.15) is 17.9 Å². The topological polar surface area (TPSA) is 59.1 Å². The number of carbonyl (C=O) groups is 2. The second kappa shape index (κ2) is 10.7. The minimum absolute atomic E-state index is 0.0820. The summed E-state index contributed by atoms with van der Waals surface area (Å²) in [6.07, 6.45) is 3.18. The number of esters is 1. The van der Waals surface area contributed by atoms with E-state index in [9.17, 15) is 9.59 Å². The summed E-state index contributed by atoms with van der Waals surface area (Å²) in [6.45, 7) is 8.88. The Morgan fingerprint density at radius 1 is 1.11 bits per heavy atom. The lowest BCUT2D eigenvalue weighted by Crippen LogP contribution is -2.41. The highest BCUT2D eigenvalue weighted by molar-refractivity contribution is 5.94. The molecule has 0 spiro atoms. The van der Waals surface area contributed by atoms with Crippen molar-refractivity contribution < 1.29 is 19.1 Å². The zero-order valence-electron chi connectivity index (χ0n) is 17.3. The molecule has 0 saturated heterocycles. The van der Waals surface area contributed by atoms with Crippen LogP contribution in [0, 0.1) is 0 Å². The van der Waals surface area contributed by atoms with Gasteiger partial charge < -0.3 is 19.3 Å². The van der Waals surface area contributed by atoms with Gasteiger partial charge in [0.25, 0.3) is 0 Å². The second-order valence-electron chi connectivity index (χ2n) is 7.45. The van der Waals surface area contributed by atoms with Gasteiger partial charge in [-0.2, -0.15) is 0 Å². The van der Waals surface area contributed by atoms with Gasteiger partial charge in [-0.25, -0.2) is 0 Å². The number of nitrogens with zero attached hydrogens (tertiary/aromatic N) is 2. The Labute approximate surface area is 162 Å². The van der Waals surface area contributed by atoms with Crippen molar-refractivity contribution >= 4 is 18.0 Å². The summed E-state index contributed by atoms with van der Waals surface area (Å²) in [5.74, 6) is 0.0581. The van der Waals surface area contributed by atoms with Gasteiger partial charge in [0, 0.05) is 24.7 Å². The fraction of sp³-hybridized carbons (Fsp3) is 0.524. The number of hydrogen-bond donors (Lipinski definition) is 0. The van der Waals surface area contributed by atoms with E-state index in [1.165, 1.54) is 11.0 Å². The molecular formula is C21H32N2O4. The van der Waals surface area contributed by atoms with Crippen molar-refractivity contribution in [2.45, 2.75) is 33.3 Å². The minimum Gasteiger partial charge on any atom is -0.493 e. The van der Waals surface area contributed by atoms with Crippen LogP contribution in [0.1, 0.15) is 33.3 Å². The van der Waals surface area contributed by atoms with Crippen LogP contribution in [0.25, 0.3) is 6.08 Å². The SMILES string of the molecule is CCOc1ccccc1/C=C/C(=O)N(CCN(C)C)CC(=O)OC(C)(C)C. The van der Waals surface area contributed by atoms with Crippen molar-refractivity contribution in [1.82, 2.24) is 9.80 Å². The van der Waals surface area contributed by atoms with Gasteiger partial charge in [-0.05, 0) is 53.9 Å². The van der Waals surface area contributed by atoms with Crippen LogP contribution in [-0.4, -0.2) is 67.6 Å². The van der Waals surface area contributed by atoms with E-state index in [-0.39, 0.29) is 12.5 Å². The van der Waals surface area contributed by atoms with Gasteiger partial charge in [0.2, 0.25) is 5.91 Å². The molecule has 150 valence electrons. The average Bonchev–Trinajstić information content (AvgIpc) is 2.56. The number of likely N-dealkylation sites (N-methyl/N-ethyl adjacent to an activating group) is 1. The van der Waals surface area contributed by atoms with Crippen LogP contribution < -0.4 is 4.74 Å². The number of benzene rings is 1. The first-order valence-corrected chi connectivity index (χ1v) is 9.17. The van der Waals surface area contributed by atoms with Gasteiger partial charge in [-0.3, -0.25) is 9.59 Å². The standard InChI is InChI=1S/C21H32N2O4/c1-7-26-18-11-9-8-10-17(18)12-13-19(24)23(15-14-22(5)6)16-20(25)27-21(2,3)4/h8-13H,7,14-16H2,1-6H3/b13-12+. The van der Waals surface area contributed by atoms with Crippen molar-refractivity contribution in [3.05, 3.63) is 35.9 Å². The molecule has 0 aliphatic carbocycles. The Kier molecular flexibility index (Phi) is 9.02. The Hall–Kier alpha value is -2.34. The van der Waals surface area contributed by atoms with Gasteiger partial charge >= 0.3 is 5.97 Å². The fourth-order valence-corrected chi connectivity index (χ4v) is 2.29. The summed E-state index contributed by atoms with van der Waals surface area (Å²) in [4.78, 5) is 28.3. The maximum absolute atomic E-state index is 12.7. The Balaban J connectivity index is 2.88. The van der Waals surface area contributed by atoms with Crippen LogP contribution in [-0.2, 0) is 14.3 Å². The Bertz CT molecular complexity index is 648. The molecular weight excluding hydrogens is 344 g/mol. The Morgan fingerprint density at radius 3 is 2.37 bits per heavy atom. The molecule has 0 aliphatic rings. The van der Waals surface area contributed by atoms with E-state index >= 15 is 0 Å². The predicted octanol–water partition coefficient (Wildman–Crippen LogP) is 2.83. The molecule has 0 radical (unpaired) electrons. The molecule has 0 heterocycles. The monoisotopic (exact) mass is 376 g/mol. The van der Waals surface area contributed by atoms with Gasteiger partial charge in [0.05, 0.1) is 6.61 Å². The third-order valence-corrected chi connectivity index (χ3v) is 3.49. The van der Waals surface area contributed by atoms with E-state index in [1.54, 1.807) is 26.8 Å². The number of para-hydroxylation sites is 1. The largest absolute Gasteiger partial charge is 0.493 e. The summed E-state index contributed by atoms with van der Waals surface area (Å²) >= 11 is 0. The second-order valence-corrected chi connectivity index (χ2v) is 7.45. The molecule has 0 bridgehead atoms. The number of ether oxygens (including phenoxy) is 2. The van der Waals surface area contributed by atoms with E-state index in [1.807, 2.05) is 50.2 Å². The van der Waals surface area contributed by atoms with E-state index < -0.39 is 11.6 Å². The summed E-state index contributed by atoms with van der Waals surface area (Å²) in [7, 11) is 3.84. The zero-order valence-corrected chi connectivity index (χ0v) is 17.3. The van der Waals surface area contributed by atoms with Crippen LogP contribution in [0.3, 0.4) is 0 Å². The molecule has 6 heteroatoms. The first kappa shape index (κ1) is 22.7. The molecule has 0 unspecified atom stereocenters. The maximum Gasteiger partial charge on any atom is 0.326 e. The highest BCUT2D eigenvalue weighted by atomic mass is 16.6. The van der Waals surface area contributed by atoms with Crippen molar-refractivity contribution in [2.24, 2.45) is 0 Å². The predicted molar refractivity (Wildman–Crippen MR) is 108 cm³/mol. The highest BCUT2D eigenvalue weighted by Crippen LogP contribution is 2.19. The van der Waals surface area contributed by atoms with Crippen molar-refractivity contribution in [3.8, 4) is 5.75 Å². The smallest absolute Gasteiger partial charge is 0.326 e. The molecule has 1 rings (SSSR count). The van der Waals surface area contributed by atoms with Crippen LogP contribution in [0.2, 0.25) is 0 Å². The quantitative estimate of drug-likeness (QED) is 0.490. The average molecular weight is 376 g/mol. The maximum atomic E-state index is 12.7. The summed E-state index contributed by atoms with van der Waals surface area (Å²) < 4.78 is 10.9. The normalized spacial score (nSPS) is 11.7. The summed E-state index contributed by atoms with van der Waals surface area (Å²) in [5, 5.41) is 0. The minimum atomic E-state index is -0.584. The summed E-state index contributed by atoms with van der Waals surface area (Å²) in [5.41, 5.74) is 0.233. The molecule has 6 nitrogen and oxygen atoms in total. The third kappa shape index (κ3) is 9.24. The first-order chi connectivity index (χ1) is 12.6. The molecule has 0 aliphatic heterocycles. The molecule has 0 fully saturated rings. The van der Waals surface area contributed by atoms with Gasteiger partial charge in [0.15, 0.2) is 0 Å². The number of carbonyl (C=O) groups excluding carboxylic acids is 2. The molecule has 1 aromatic rings. The molecule has 1 aromatic carbocycles. The van der Waals surface area contributed by atoms with Crippen LogP contribution in [0.4, 0.5) is 0 Å². The molecule has 27 heavy (non-hydrogen) atoms. The number of hydrogen-bond acceptors (Lipinski definition) is 5.